The highest BCUT2D eigenvalue weighted by Crippen LogP contribution is 2.31. The van der Waals surface area contributed by atoms with Crippen molar-refractivity contribution in [3.8, 4) is 0 Å². The van der Waals surface area contributed by atoms with Crippen molar-refractivity contribution in [3.63, 3.8) is 0 Å². The second-order valence-electron chi connectivity index (χ2n) is 5.44. The first kappa shape index (κ1) is 17.5. The van der Waals surface area contributed by atoms with Crippen molar-refractivity contribution < 1.29 is 9.59 Å². The summed E-state index contributed by atoms with van der Waals surface area (Å²) < 4.78 is 0. The highest BCUT2D eigenvalue weighted by atomic mass is 32.2. The molecule has 3 aromatic carbocycles. The van der Waals surface area contributed by atoms with Crippen LogP contribution in [0.15, 0.2) is 88.7 Å². The van der Waals surface area contributed by atoms with Gasteiger partial charge in [-0.2, -0.15) is 0 Å². The second kappa shape index (κ2) is 8.19. The number of hydrogen-bond acceptors (Lipinski definition) is 4. The van der Waals surface area contributed by atoms with Crippen LogP contribution in [0.3, 0.4) is 0 Å². The molecule has 0 heterocycles. The van der Waals surface area contributed by atoms with E-state index in [0.717, 1.165) is 15.4 Å². The average Bonchev–Trinajstić information content (AvgIpc) is 2.65. The molecule has 0 saturated heterocycles. The molecule has 25 heavy (non-hydrogen) atoms. The lowest BCUT2D eigenvalue weighted by atomic mass is 10.2. The van der Waals surface area contributed by atoms with Gasteiger partial charge >= 0.3 is 0 Å². The van der Waals surface area contributed by atoms with Crippen LogP contribution in [0.25, 0.3) is 0 Å². The smallest absolute Gasteiger partial charge is 0.224 e. The lowest BCUT2D eigenvalue weighted by Gasteiger charge is -2.07. The Morgan fingerprint density at radius 1 is 0.680 bits per heavy atom. The van der Waals surface area contributed by atoms with Gasteiger partial charge in [-0.3, -0.25) is 9.59 Å². The summed E-state index contributed by atoms with van der Waals surface area (Å²) in [4.78, 5) is 26.4. The summed E-state index contributed by atoms with van der Waals surface area (Å²) in [5.41, 5.74) is 2.35. The van der Waals surface area contributed by atoms with E-state index in [1.54, 1.807) is 0 Å². The van der Waals surface area contributed by atoms with E-state index in [0.29, 0.717) is 11.1 Å². The molecule has 0 radical (unpaired) electrons. The zero-order chi connectivity index (χ0) is 17.6. The molecule has 0 amide bonds. The quantitative estimate of drug-likeness (QED) is 0.543. The summed E-state index contributed by atoms with van der Waals surface area (Å²) in [7, 11) is 0. The van der Waals surface area contributed by atoms with Gasteiger partial charge in [0.1, 0.15) is 0 Å². The fourth-order valence-corrected chi connectivity index (χ4v) is 3.92. The van der Waals surface area contributed by atoms with Gasteiger partial charge in [0.15, 0.2) is 0 Å². The molecule has 124 valence electrons. The number of benzene rings is 3. The molecular weight excluding hydrogens is 348 g/mol. The summed E-state index contributed by atoms with van der Waals surface area (Å²) in [6, 6.07) is 24.2. The molecule has 0 aliphatic carbocycles. The molecule has 0 aromatic heterocycles. The Morgan fingerprint density at radius 3 is 1.72 bits per heavy atom. The number of rotatable bonds is 4. The predicted molar refractivity (Wildman–Crippen MR) is 104 cm³/mol. The van der Waals surface area contributed by atoms with E-state index in [1.807, 2.05) is 85.8 Å². The Labute approximate surface area is 155 Å². The highest BCUT2D eigenvalue weighted by molar-refractivity contribution is 8.14. The van der Waals surface area contributed by atoms with Crippen LogP contribution in [0.5, 0.6) is 0 Å². The van der Waals surface area contributed by atoms with Gasteiger partial charge < -0.3 is 0 Å². The molecule has 0 bridgehead atoms. The zero-order valence-electron chi connectivity index (χ0n) is 13.6. The van der Waals surface area contributed by atoms with Gasteiger partial charge in [-0.15, -0.1) is 0 Å². The van der Waals surface area contributed by atoms with Gasteiger partial charge in [-0.25, -0.2) is 0 Å². The van der Waals surface area contributed by atoms with Crippen LogP contribution in [0.4, 0.5) is 0 Å². The monoisotopic (exact) mass is 364 g/mol. The Bertz CT molecular complexity index is 890. The standard InChI is InChI=1S/C21H16O2S2/c1-15-14-18(24-20(22)16-8-4-2-5-9-16)12-13-19(15)25-21(23)17-10-6-3-7-11-17/h2-14H,1H3. The normalized spacial score (nSPS) is 10.4. The third-order valence-electron chi connectivity index (χ3n) is 3.58. The lowest BCUT2D eigenvalue weighted by Crippen LogP contribution is -1.95. The van der Waals surface area contributed by atoms with E-state index in [9.17, 15) is 9.59 Å². The van der Waals surface area contributed by atoms with Crippen LogP contribution in [0.2, 0.25) is 0 Å². The summed E-state index contributed by atoms with van der Waals surface area (Å²) >= 11 is 2.42. The second-order valence-corrected chi connectivity index (χ2v) is 7.50. The van der Waals surface area contributed by atoms with Crippen molar-refractivity contribution in [3.05, 3.63) is 95.6 Å². The molecular formula is C21H16O2S2. The number of carbonyl (C=O) groups excluding carboxylic acids is 2. The SMILES string of the molecule is Cc1cc(SC(=O)c2ccccc2)ccc1SC(=O)c1ccccc1. The highest BCUT2D eigenvalue weighted by Gasteiger charge is 2.12. The minimum absolute atomic E-state index is 0.0146. The molecule has 0 spiro atoms. The van der Waals surface area contributed by atoms with Gasteiger partial charge in [0.05, 0.1) is 0 Å². The Hall–Kier alpha value is -2.30. The molecule has 2 nitrogen and oxygen atoms in total. The zero-order valence-corrected chi connectivity index (χ0v) is 15.3. The first-order chi connectivity index (χ1) is 12.1. The third-order valence-corrected chi connectivity index (χ3v) is 5.59. The van der Waals surface area contributed by atoms with Crippen LogP contribution in [-0.2, 0) is 0 Å². The van der Waals surface area contributed by atoms with E-state index in [1.165, 1.54) is 23.5 Å². The number of carbonyl (C=O) groups is 2. The molecule has 3 aromatic rings. The molecule has 3 rings (SSSR count). The maximum absolute atomic E-state index is 12.3. The largest absolute Gasteiger partial charge is 0.281 e. The van der Waals surface area contributed by atoms with Gasteiger partial charge in [-0.05, 0) is 54.2 Å². The molecule has 0 N–H and O–H groups in total. The molecule has 4 heteroatoms. The van der Waals surface area contributed by atoms with E-state index in [4.69, 9.17) is 0 Å². The first-order valence-corrected chi connectivity index (χ1v) is 9.42. The van der Waals surface area contributed by atoms with Crippen molar-refractivity contribution in [2.45, 2.75) is 16.7 Å². The summed E-state index contributed by atoms with van der Waals surface area (Å²) in [5, 5.41) is 0.0326. The molecule has 0 unspecified atom stereocenters. The van der Waals surface area contributed by atoms with Crippen LogP contribution in [0.1, 0.15) is 26.3 Å². The number of thioether (sulfide) groups is 2. The van der Waals surface area contributed by atoms with Crippen molar-refractivity contribution in [2.75, 3.05) is 0 Å². The maximum atomic E-state index is 12.3. The number of hydrogen-bond donors (Lipinski definition) is 0. The van der Waals surface area contributed by atoms with Crippen LogP contribution in [0, 0.1) is 6.92 Å². The first-order valence-electron chi connectivity index (χ1n) is 7.78. The molecule has 0 fully saturated rings. The van der Waals surface area contributed by atoms with E-state index in [-0.39, 0.29) is 10.2 Å². The van der Waals surface area contributed by atoms with E-state index >= 15 is 0 Å². The minimum atomic E-state index is 0.0146. The molecule has 0 atom stereocenters. The molecule has 0 aliphatic rings. The summed E-state index contributed by atoms with van der Waals surface area (Å²) in [6.45, 7) is 1.96. The Morgan fingerprint density at radius 2 is 1.20 bits per heavy atom. The minimum Gasteiger partial charge on any atom is -0.281 e. The summed E-state index contributed by atoms with van der Waals surface area (Å²) in [6.07, 6.45) is 0. The van der Waals surface area contributed by atoms with Gasteiger partial charge in [0.2, 0.25) is 10.2 Å². The van der Waals surface area contributed by atoms with Crippen molar-refractivity contribution in [1.82, 2.24) is 0 Å². The van der Waals surface area contributed by atoms with Gasteiger partial charge in [0.25, 0.3) is 0 Å². The van der Waals surface area contributed by atoms with Crippen LogP contribution >= 0.6 is 23.5 Å². The topological polar surface area (TPSA) is 34.1 Å². The molecule has 0 aliphatic heterocycles. The van der Waals surface area contributed by atoms with E-state index in [2.05, 4.69) is 0 Å². The van der Waals surface area contributed by atoms with Crippen LogP contribution in [-0.4, -0.2) is 10.2 Å². The predicted octanol–water partition coefficient (Wildman–Crippen LogP) is 5.86. The van der Waals surface area contributed by atoms with Gasteiger partial charge in [-0.1, -0.05) is 60.7 Å². The van der Waals surface area contributed by atoms with Gasteiger partial charge in [0, 0.05) is 20.9 Å². The fraction of sp³-hybridized carbons (Fsp3) is 0.0476. The lowest BCUT2D eigenvalue weighted by molar-refractivity contribution is 0.108. The van der Waals surface area contributed by atoms with Crippen molar-refractivity contribution in [1.29, 1.82) is 0 Å². The maximum Gasteiger partial charge on any atom is 0.224 e. The van der Waals surface area contributed by atoms with Crippen molar-refractivity contribution >= 4 is 33.8 Å². The number of aryl methyl sites for hydroxylation is 1. The fourth-order valence-electron chi connectivity index (χ4n) is 2.27. The third kappa shape index (κ3) is 4.62. The van der Waals surface area contributed by atoms with Crippen LogP contribution < -0.4 is 0 Å². The van der Waals surface area contributed by atoms with E-state index < -0.39 is 0 Å². The van der Waals surface area contributed by atoms with Crippen molar-refractivity contribution in [2.24, 2.45) is 0 Å². The Kier molecular flexibility index (Phi) is 5.74. The Balaban J connectivity index is 1.71. The molecule has 0 saturated carbocycles. The average molecular weight is 364 g/mol. The summed E-state index contributed by atoms with van der Waals surface area (Å²) in [5.74, 6) is 0.